The fourth-order valence-corrected chi connectivity index (χ4v) is 0. The van der Waals surface area contributed by atoms with Crippen LogP contribution in [0.25, 0.3) is 0 Å². The fourth-order valence-electron chi connectivity index (χ4n) is 0. The minimum absolute atomic E-state index is 0. The molecule has 0 atom stereocenters. The molecular formula is CoFeLaOSr. The third kappa shape index (κ3) is 18.5. The van der Waals surface area contributed by atoms with E-state index in [-0.39, 0.29) is 98.1 Å². The Morgan fingerprint density at radius 3 is 1.20 bits per heavy atom. The molecule has 1 nitrogen and oxygen atoms in total. The summed E-state index contributed by atoms with van der Waals surface area (Å²) >= 11 is 2.31. The zero-order valence-electron chi connectivity index (χ0n) is 2.38. The molecule has 0 aliphatic heterocycles. The van der Waals surface area contributed by atoms with E-state index in [1.807, 2.05) is 0 Å². The first-order valence-corrected chi connectivity index (χ1v) is 0.561. The van der Waals surface area contributed by atoms with Gasteiger partial charge in [-0.1, -0.05) is 0 Å². The third-order valence-electron chi connectivity index (χ3n) is 0. The van der Waals surface area contributed by atoms with Gasteiger partial charge >= 0.3 is 19.5 Å². The van der Waals surface area contributed by atoms with E-state index in [1.54, 1.807) is 0 Å². The molecule has 0 bridgehead atoms. The van der Waals surface area contributed by atoms with Gasteiger partial charge in [-0.05, 0) is 0 Å². The maximum absolute atomic E-state index is 7.94. The second-order valence-corrected chi connectivity index (χ2v) is 0. The van der Waals surface area contributed by atoms with Gasteiger partial charge in [-0.3, -0.25) is 0 Å². The van der Waals surface area contributed by atoms with Crippen LogP contribution in [0, 0.1) is 35.6 Å². The predicted octanol–water partition coefficient (Wildman–Crippen LogP) is -0.505. The molecule has 5 heteroatoms. The fraction of sp³-hybridized carbons (Fsp3) is 0. The van der Waals surface area contributed by atoms with Crippen LogP contribution in [-0.2, 0) is 36.6 Å². The first-order valence-electron chi connectivity index (χ1n) is 0.136. The number of hydrogen-bond acceptors (Lipinski definition) is 1. The van der Waals surface area contributed by atoms with Crippen molar-refractivity contribution < 1.29 is 72.2 Å². The number of rotatable bonds is 0. The molecule has 0 rings (SSSR count). The molecule has 5 heavy (non-hydrogen) atoms. The zero-order valence-corrected chi connectivity index (χ0v) is 11.6. The van der Waals surface area contributed by atoms with Crippen LogP contribution in [0.5, 0.6) is 0 Å². The van der Waals surface area contributed by atoms with Crippen molar-refractivity contribution in [2.75, 3.05) is 0 Å². The molecule has 0 aromatic carbocycles. The monoisotopic (exact) mass is 358 g/mol. The van der Waals surface area contributed by atoms with Gasteiger partial charge in [0.25, 0.3) is 0 Å². The van der Waals surface area contributed by atoms with Crippen LogP contribution in [0.1, 0.15) is 0 Å². The van der Waals surface area contributed by atoms with Gasteiger partial charge in [0.15, 0.2) is 0 Å². The molecule has 0 heterocycles. The third-order valence-corrected chi connectivity index (χ3v) is 0. The second kappa shape index (κ2) is 25.9. The van der Waals surface area contributed by atoms with E-state index in [1.165, 1.54) is 0 Å². The molecule has 0 aliphatic carbocycles. The van der Waals surface area contributed by atoms with Crippen molar-refractivity contribution in [2.24, 2.45) is 0 Å². The maximum atomic E-state index is 7.94. The van der Waals surface area contributed by atoms with E-state index in [0.717, 1.165) is 0 Å². The summed E-state index contributed by atoms with van der Waals surface area (Å²) < 4.78 is 7.94. The smallest absolute Gasteiger partial charge is 0 e. The van der Waals surface area contributed by atoms with Crippen molar-refractivity contribution in [2.45, 2.75) is 0 Å². The van der Waals surface area contributed by atoms with Gasteiger partial charge < -0.3 is 0 Å². The Labute approximate surface area is 115 Å². The van der Waals surface area contributed by atoms with Crippen LogP contribution in [0.4, 0.5) is 0 Å². The van der Waals surface area contributed by atoms with E-state index in [4.69, 9.17) is 3.87 Å². The van der Waals surface area contributed by atoms with Crippen molar-refractivity contribution >= 4 is 45.5 Å². The summed E-state index contributed by atoms with van der Waals surface area (Å²) in [4.78, 5) is 0. The summed E-state index contributed by atoms with van der Waals surface area (Å²) in [7, 11) is 0. The van der Waals surface area contributed by atoms with Gasteiger partial charge in [0.05, 0.1) is 0 Å². The Bertz CT molecular complexity index is 11.6. The zero-order chi connectivity index (χ0) is 2.00. The molecule has 28 valence electrons. The Kier molecular flexibility index (Phi) is 122. The predicted molar refractivity (Wildman–Crippen MR) is 6.44 cm³/mol. The molecule has 0 fully saturated rings. The van der Waals surface area contributed by atoms with Crippen molar-refractivity contribution in [3.8, 4) is 0 Å². The molecule has 0 saturated heterocycles. The normalized spacial score (nSPS) is 1.00. The molecule has 3 radical (unpaired) electrons. The van der Waals surface area contributed by atoms with Crippen LogP contribution in [0.3, 0.4) is 0 Å². The molecule has 0 N–H and O–H groups in total. The van der Waals surface area contributed by atoms with E-state index in [2.05, 4.69) is 15.7 Å². The summed E-state index contributed by atoms with van der Waals surface area (Å²) in [5, 5.41) is 0. The maximum Gasteiger partial charge on any atom is 0 e. The van der Waals surface area contributed by atoms with Crippen molar-refractivity contribution in [1.82, 2.24) is 0 Å². The van der Waals surface area contributed by atoms with Crippen molar-refractivity contribution in [1.29, 1.82) is 0 Å². The molecule has 0 aromatic heterocycles. The molecule has 0 spiro atoms. The topological polar surface area (TPSA) is 17.1 Å². The molecule has 0 aromatic rings. The summed E-state index contributed by atoms with van der Waals surface area (Å²) in [5.41, 5.74) is 0. The summed E-state index contributed by atoms with van der Waals surface area (Å²) in [6.07, 6.45) is 0. The molecular weight excluding hydrogens is 357 g/mol. The first-order chi connectivity index (χ1) is 1.00. The van der Waals surface area contributed by atoms with Crippen molar-refractivity contribution in [3.05, 3.63) is 0 Å². The van der Waals surface area contributed by atoms with Gasteiger partial charge in [-0.25, -0.2) is 0 Å². The first kappa shape index (κ1) is 23.6. The van der Waals surface area contributed by atoms with E-state index < -0.39 is 0 Å². The van der Waals surface area contributed by atoms with Crippen LogP contribution in [0.2, 0.25) is 0 Å². The quantitative estimate of drug-likeness (QED) is 0.534. The average molecular weight is 357 g/mol. The SMILES string of the molecule is [Fe].[La].[O]=[Co].[Sr]. The Balaban J connectivity index is -0.00000000167. The molecule has 0 amide bonds. The summed E-state index contributed by atoms with van der Waals surface area (Å²) in [6.45, 7) is 0. The van der Waals surface area contributed by atoms with E-state index in [0.29, 0.717) is 0 Å². The van der Waals surface area contributed by atoms with Crippen LogP contribution >= 0.6 is 0 Å². The second-order valence-electron chi connectivity index (χ2n) is 0. The van der Waals surface area contributed by atoms with Gasteiger partial charge in [0, 0.05) is 98.1 Å². The molecule has 0 saturated carbocycles. The van der Waals surface area contributed by atoms with Gasteiger partial charge in [0.2, 0.25) is 0 Å². The minimum atomic E-state index is 0. The Morgan fingerprint density at radius 2 is 1.20 bits per heavy atom. The van der Waals surface area contributed by atoms with Gasteiger partial charge in [-0.15, -0.1) is 0 Å². The molecule has 0 unspecified atom stereocenters. The summed E-state index contributed by atoms with van der Waals surface area (Å²) in [6, 6.07) is 0. The Morgan fingerprint density at radius 1 is 1.20 bits per heavy atom. The molecule has 0 aliphatic rings. The Hall–Kier alpha value is 3.50. The van der Waals surface area contributed by atoms with E-state index in [9.17, 15) is 0 Å². The standard InChI is InChI=1S/Co.Fe.La.O.Sr. The largest absolute Gasteiger partial charge is 0 e. The van der Waals surface area contributed by atoms with Gasteiger partial charge in [-0.2, -0.15) is 0 Å². The van der Waals surface area contributed by atoms with Gasteiger partial charge in [0.1, 0.15) is 0 Å². The van der Waals surface area contributed by atoms with Crippen molar-refractivity contribution in [3.63, 3.8) is 0 Å². The average Bonchev–Trinajstić information content (AvgIpc) is 1.00. The van der Waals surface area contributed by atoms with E-state index >= 15 is 0 Å². The van der Waals surface area contributed by atoms with Crippen LogP contribution in [-0.4, -0.2) is 45.5 Å². The minimum Gasteiger partial charge on any atom is 0 e. The van der Waals surface area contributed by atoms with Crippen LogP contribution in [0.15, 0.2) is 0 Å². The summed E-state index contributed by atoms with van der Waals surface area (Å²) in [5.74, 6) is 0. The van der Waals surface area contributed by atoms with Crippen LogP contribution < -0.4 is 0 Å². The number of hydrogen-bond donors (Lipinski definition) is 0.